The maximum absolute atomic E-state index is 13.3. The van der Waals surface area contributed by atoms with Crippen LogP contribution < -0.4 is 5.32 Å². The van der Waals surface area contributed by atoms with E-state index in [0.717, 1.165) is 16.7 Å². The molecule has 2 aliphatic rings. The zero-order valence-corrected chi connectivity index (χ0v) is 21.2. The van der Waals surface area contributed by atoms with Crippen molar-refractivity contribution in [3.05, 3.63) is 90.3 Å². The first-order chi connectivity index (χ1) is 18.6. The number of carbonyl (C=O) groups excluding carboxylic acids is 2. The summed E-state index contributed by atoms with van der Waals surface area (Å²) in [5.41, 5.74) is 3.79. The molecule has 0 aliphatic carbocycles. The Morgan fingerprint density at radius 2 is 1.76 bits per heavy atom. The molecule has 8 nitrogen and oxygen atoms in total. The average molecular weight is 516 g/mol. The predicted molar refractivity (Wildman–Crippen MR) is 142 cm³/mol. The molecule has 4 atom stereocenters. The molecule has 0 saturated carbocycles. The van der Waals surface area contributed by atoms with Crippen LogP contribution in [0.4, 0.5) is 0 Å². The average Bonchev–Trinajstić information content (AvgIpc) is 2.95. The summed E-state index contributed by atoms with van der Waals surface area (Å²) in [4.78, 5) is 31.7. The van der Waals surface area contributed by atoms with Gasteiger partial charge < -0.3 is 24.8 Å². The van der Waals surface area contributed by atoms with E-state index < -0.39 is 6.10 Å². The molecule has 2 aliphatic heterocycles. The quantitative estimate of drug-likeness (QED) is 0.523. The van der Waals surface area contributed by atoms with Crippen LogP contribution in [0.15, 0.2) is 79.1 Å². The first kappa shape index (κ1) is 26.0. The molecule has 0 unspecified atom stereocenters. The Morgan fingerprint density at radius 1 is 0.974 bits per heavy atom. The van der Waals surface area contributed by atoms with Crippen LogP contribution in [0.3, 0.4) is 0 Å². The standard InChI is InChI=1S/C30H33N3O5/c34-25-18-33(30(36)24-7-4-14-31-17-24)27-13-12-26(38-28(27)20-37-19-25)15-29(35)32-16-21-8-10-23(11-9-21)22-5-2-1-3-6-22/h1-11,14,17,25-28,34H,12-13,15-16,18-20H2,(H,32,35)/t25-,26-,27+,28-/m1/s1. The Morgan fingerprint density at radius 3 is 2.53 bits per heavy atom. The third kappa shape index (κ3) is 6.45. The summed E-state index contributed by atoms with van der Waals surface area (Å²) in [5.74, 6) is -0.266. The lowest BCUT2D eigenvalue weighted by molar-refractivity contribution is -0.151. The smallest absolute Gasteiger partial charge is 0.255 e. The summed E-state index contributed by atoms with van der Waals surface area (Å²) < 4.78 is 12.0. The van der Waals surface area contributed by atoms with Crippen LogP contribution in [0.1, 0.15) is 35.2 Å². The van der Waals surface area contributed by atoms with Crippen LogP contribution in [-0.4, -0.2) is 70.9 Å². The number of aliphatic hydroxyl groups is 1. The molecule has 198 valence electrons. The molecule has 3 heterocycles. The number of rotatable bonds is 6. The van der Waals surface area contributed by atoms with Gasteiger partial charge in [0.2, 0.25) is 5.91 Å². The molecule has 3 aromatic rings. The molecule has 8 heteroatoms. The first-order valence-electron chi connectivity index (χ1n) is 13.1. The molecule has 2 amide bonds. The number of pyridine rings is 1. The lowest BCUT2D eigenvalue weighted by Gasteiger charge is -2.44. The summed E-state index contributed by atoms with van der Waals surface area (Å²) in [5, 5.41) is 13.3. The number of hydrogen-bond acceptors (Lipinski definition) is 6. The molecule has 38 heavy (non-hydrogen) atoms. The van der Waals surface area contributed by atoms with Gasteiger partial charge in [-0.05, 0) is 41.7 Å². The highest BCUT2D eigenvalue weighted by Crippen LogP contribution is 2.29. The van der Waals surface area contributed by atoms with Crippen LogP contribution in [0.2, 0.25) is 0 Å². The Labute approximate surface area is 222 Å². The number of benzene rings is 2. The summed E-state index contributed by atoms with van der Waals surface area (Å²) in [6, 6.07) is 21.5. The normalized spacial score (nSPS) is 23.6. The van der Waals surface area contributed by atoms with Gasteiger partial charge in [-0.25, -0.2) is 0 Å². The molecule has 2 aromatic carbocycles. The number of β-amino-alcohol motifs (C(OH)–C–C–N with tert-alkyl or cyclic N) is 1. The summed E-state index contributed by atoms with van der Waals surface area (Å²) in [6.45, 7) is 0.982. The lowest BCUT2D eigenvalue weighted by Crippen LogP contribution is -2.57. The minimum absolute atomic E-state index is 0.0777. The van der Waals surface area contributed by atoms with Gasteiger partial charge in [0.05, 0.1) is 43.4 Å². The number of nitrogens with zero attached hydrogens (tertiary/aromatic N) is 2. The zero-order chi connectivity index (χ0) is 26.3. The van der Waals surface area contributed by atoms with Gasteiger partial charge in [0, 0.05) is 25.5 Å². The molecule has 1 aromatic heterocycles. The van der Waals surface area contributed by atoms with Crippen molar-refractivity contribution in [2.75, 3.05) is 19.8 Å². The molecule has 5 rings (SSSR count). The number of fused-ring (bicyclic) bond motifs is 1. The van der Waals surface area contributed by atoms with E-state index in [1.807, 2.05) is 30.3 Å². The monoisotopic (exact) mass is 515 g/mol. The topological polar surface area (TPSA) is 101 Å². The lowest BCUT2D eigenvalue weighted by atomic mass is 9.94. The van der Waals surface area contributed by atoms with Crippen molar-refractivity contribution < 1.29 is 24.2 Å². The minimum atomic E-state index is -0.776. The van der Waals surface area contributed by atoms with Gasteiger partial charge >= 0.3 is 0 Å². The van der Waals surface area contributed by atoms with E-state index in [9.17, 15) is 14.7 Å². The van der Waals surface area contributed by atoms with Crippen molar-refractivity contribution in [3.8, 4) is 11.1 Å². The first-order valence-corrected chi connectivity index (χ1v) is 13.1. The van der Waals surface area contributed by atoms with E-state index in [4.69, 9.17) is 9.47 Å². The van der Waals surface area contributed by atoms with Crippen molar-refractivity contribution in [1.82, 2.24) is 15.2 Å². The van der Waals surface area contributed by atoms with Crippen LogP contribution in [0.5, 0.6) is 0 Å². The highest BCUT2D eigenvalue weighted by molar-refractivity contribution is 5.94. The summed E-state index contributed by atoms with van der Waals surface area (Å²) >= 11 is 0. The maximum atomic E-state index is 13.3. The number of aliphatic hydroxyl groups excluding tert-OH is 1. The van der Waals surface area contributed by atoms with E-state index in [1.54, 1.807) is 23.2 Å². The van der Waals surface area contributed by atoms with Gasteiger partial charge in [-0.3, -0.25) is 14.6 Å². The van der Waals surface area contributed by atoms with Crippen molar-refractivity contribution in [2.24, 2.45) is 0 Å². The van der Waals surface area contributed by atoms with Gasteiger partial charge in [-0.1, -0.05) is 54.6 Å². The van der Waals surface area contributed by atoms with Crippen LogP contribution in [-0.2, 0) is 20.8 Å². The van der Waals surface area contributed by atoms with E-state index in [-0.39, 0.29) is 56.2 Å². The predicted octanol–water partition coefficient (Wildman–Crippen LogP) is 3.20. The van der Waals surface area contributed by atoms with Gasteiger partial charge in [-0.2, -0.15) is 0 Å². The molecule has 0 radical (unpaired) electrons. The highest BCUT2D eigenvalue weighted by atomic mass is 16.5. The van der Waals surface area contributed by atoms with Gasteiger partial charge in [0.25, 0.3) is 5.91 Å². The third-order valence-electron chi connectivity index (χ3n) is 7.11. The number of amides is 2. The Hall–Kier alpha value is -3.59. The molecular formula is C30H33N3O5. The third-order valence-corrected chi connectivity index (χ3v) is 7.11. The number of hydrogen-bond donors (Lipinski definition) is 2. The molecule has 2 N–H and O–H groups in total. The van der Waals surface area contributed by atoms with E-state index in [1.165, 1.54) is 6.20 Å². The Balaban J connectivity index is 1.16. The summed E-state index contributed by atoms with van der Waals surface area (Å²) in [7, 11) is 0. The van der Waals surface area contributed by atoms with Crippen LogP contribution in [0, 0.1) is 0 Å². The van der Waals surface area contributed by atoms with Gasteiger partial charge in [0.1, 0.15) is 6.10 Å². The molecule has 0 bridgehead atoms. The van der Waals surface area contributed by atoms with Crippen LogP contribution >= 0.6 is 0 Å². The molecule has 2 saturated heterocycles. The van der Waals surface area contributed by atoms with E-state index >= 15 is 0 Å². The van der Waals surface area contributed by atoms with Crippen molar-refractivity contribution in [3.63, 3.8) is 0 Å². The van der Waals surface area contributed by atoms with Crippen molar-refractivity contribution in [1.29, 1.82) is 0 Å². The minimum Gasteiger partial charge on any atom is -0.389 e. The fourth-order valence-corrected chi connectivity index (χ4v) is 5.15. The summed E-state index contributed by atoms with van der Waals surface area (Å²) in [6.07, 6.45) is 3.27. The largest absolute Gasteiger partial charge is 0.389 e. The van der Waals surface area contributed by atoms with Gasteiger partial charge in [0.15, 0.2) is 0 Å². The molecular weight excluding hydrogens is 482 g/mol. The zero-order valence-electron chi connectivity index (χ0n) is 21.2. The van der Waals surface area contributed by atoms with Crippen molar-refractivity contribution in [2.45, 2.75) is 50.2 Å². The van der Waals surface area contributed by atoms with Crippen LogP contribution in [0.25, 0.3) is 11.1 Å². The molecule has 0 spiro atoms. The SMILES string of the molecule is O=C(C[C@H]1CC[C@H]2[C@@H](COC[C@H](O)CN2C(=O)c2cccnc2)O1)NCc1ccc(-c2ccccc2)cc1. The second-order valence-corrected chi connectivity index (χ2v) is 9.88. The fourth-order valence-electron chi connectivity index (χ4n) is 5.15. The second-order valence-electron chi connectivity index (χ2n) is 9.88. The second kappa shape index (κ2) is 12.3. The fraction of sp³-hybridized carbons (Fsp3) is 0.367. The van der Waals surface area contributed by atoms with E-state index in [0.29, 0.717) is 24.9 Å². The van der Waals surface area contributed by atoms with E-state index in [2.05, 4.69) is 34.6 Å². The Bertz CT molecular complexity index is 1210. The number of aromatic nitrogens is 1. The molecule has 2 fully saturated rings. The van der Waals surface area contributed by atoms with Gasteiger partial charge in [-0.15, -0.1) is 0 Å². The number of nitrogens with one attached hydrogen (secondary N) is 1. The highest BCUT2D eigenvalue weighted by Gasteiger charge is 2.40. The number of carbonyl (C=O) groups is 2. The maximum Gasteiger partial charge on any atom is 0.255 e. The van der Waals surface area contributed by atoms with Crippen molar-refractivity contribution >= 4 is 11.8 Å². The Kier molecular flexibility index (Phi) is 8.43. The number of ether oxygens (including phenoxy) is 2.